The predicted octanol–water partition coefficient (Wildman–Crippen LogP) is 2.73. The highest BCUT2D eigenvalue weighted by Crippen LogP contribution is 2.34. The molecule has 6 heteroatoms. The van der Waals surface area contributed by atoms with Gasteiger partial charge in [0, 0.05) is 18.3 Å². The van der Waals surface area contributed by atoms with Gasteiger partial charge in [-0.3, -0.25) is 0 Å². The van der Waals surface area contributed by atoms with E-state index in [0.717, 1.165) is 30.2 Å². The van der Waals surface area contributed by atoms with E-state index in [4.69, 9.17) is 5.84 Å². The highest BCUT2D eigenvalue weighted by molar-refractivity contribution is 5.66. The number of nitrogen functional groups attached to an aromatic ring is 1. The van der Waals surface area contributed by atoms with Crippen LogP contribution < -0.4 is 16.2 Å². The topological polar surface area (TPSA) is 54.2 Å². The smallest absolute Gasteiger partial charge is 0.178 e. The number of para-hydroxylation sites is 1. The third-order valence-electron chi connectivity index (χ3n) is 3.41. The van der Waals surface area contributed by atoms with Crippen LogP contribution in [0.3, 0.4) is 0 Å². The van der Waals surface area contributed by atoms with Crippen LogP contribution in [0.25, 0.3) is 0 Å². The Hall–Kier alpha value is -2.21. The molecule has 2 aromatic rings. The molecule has 0 aliphatic carbocycles. The standard InChI is InChI=1S/C14H14F2N4/c15-10-8-11(16)14(18-13(10)19-17)20-7-3-5-9-4-1-2-6-12(9)20/h1-2,4,6,8H,3,5,7,17H2,(H,18,19). The van der Waals surface area contributed by atoms with Crippen LogP contribution in [0.4, 0.5) is 26.1 Å². The lowest BCUT2D eigenvalue weighted by molar-refractivity contribution is 0.572. The van der Waals surface area contributed by atoms with Crippen LogP contribution in [0.15, 0.2) is 30.3 Å². The molecule has 0 radical (unpaired) electrons. The Bertz CT molecular complexity index is 645. The minimum Gasteiger partial charge on any atom is -0.324 e. The lowest BCUT2D eigenvalue weighted by atomic mass is 10.0. The van der Waals surface area contributed by atoms with Gasteiger partial charge in [0.1, 0.15) is 0 Å². The quantitative estimate of drug-likeness (QED) is 0.654. The molecule has 0 bridgehead atoms. The summed E-state index contributed by atoms with van der Waals surface area (Å²) in [4.78, 5) is 5.71. The number of nitrogens with two attached hydrogens (primary N) is 1. The van der Waals surface area contributed by atoms with Gasteiger partial charge in [0.25, 0.3) is 0 Å². The van der Waals surface area contributed by atoms with Gasteiger partial charge in [0.2, 0.25) is 0 Å². The molecule has 20 heavy (non-hydrogen) atoms. The summed E-state index contributed by atoms with van der Waals surface area (Å²) in [6.45, 7) is 0.635. The molecule has 0 saturated heterocycles. The van der Waals surface area contributed by atoms with Crippen molar-refractivity contribution in [3.8, 4) is 0 Å². The van der Waals surface area contributed by atoms with Gasteiger partial charge in [-0.15, -0.1) is 0 Å². The molecule has 1 aromatic heterocycles. The van der Waals surface area contributed by atoms with Crippen LogP contribution in [0.5, 0.6) is 0 Å². The average molecular weight is 276 g/mol. The van der Waals surface area contributed by atoms with Crippen molar-refractivity contribution in [1.82, 2.24) is 4.98 Å². The zero-order valence-electron chi connectivity index (χ0n) is 10.7. The SMILES string of the molecule is NNc1nc(N2CCCc3ccccc32)c(F)cc1F. The Kier molecular flexibility index (Phi) is 3.23. The molecule has 0 fully saturated rings. The number of fused-ring (bicyclic) bond motifs is 1. The number of hydrazine groups is 1. The van der Waals surface area contributed by atoms with Gasteiger partial charge in [-0.05, 0) is 24.5 Å². The van der Waals surface area contributed by atoms with E-state index in [-0.39, 0.29) is 11.6 Å². The fraction of sp³-hybridized carbons (Fsp3) is 0.214. The van der Waals surface area contributed by atoms with Crippen LogP contribution in [-0.2, 0) is 6.42 Å². The number of aryl methyl sites for hydroxylation is 1. The van der Waals surface area contributed by atoms with Crippen molar-refractivity contribution in [2.45, 2.75) is 12.8 Å². The van der Waals surface area contributed by atoms with Gasteiger partial charge in [0.05, 0.1) is 0 Å². The van der Waals surface area contributed by atoms with Crippen LogP contribution in [-0.4, -0.2) is 11.5 Å². The number of halogens is 2. The summed E-state index contributed by atoms with van der Waals surface area (Å²) in [5.41, 5.74) is 4.18. The first-order valence-electron chi connectivity index (χ1n) is 6.39. The molecular weight excluding hydrogens is 262 g/mol. The minimum absolute atomic E-state index is 0.0894. The number of pyridine rings is 1. The Balaban J connectivity index is 2.11. The Morgan fingerprint density at radius 1 is 1.20 bits per heavy atom. The number of rotatable bonds is 2. The molecule has 3 N–H and O–H groups in total. The first-order valence-corrected chi connectivity index (χ1v) is 6.39. The van der Waals surface area contributed by atoms with Crippen molar-refractivity contribution < 1.29 is 8.78 Å². The Labute approximate surface area is 115 Å². The van der Waals surface area contributed by atoms with E-state index >= 15 is 0 Å². The number of benzene rings is 1. The zero-order valence-corrected chi connectivity index (χ0v) is 10.7. The molecule has 0 spiro atoms. The normalized spacial score (nSPS) is 14.1. The Morgan fingerprint density at radius 2 is 2.00 bits per heavy atom. The van der Waals surface area contributed by atoms with Gasteiger partial charge in [-0.1, -0.05) is 18.2 Å². The molecule has 0 amide bonds. The second-order valence-corrected chi connectivity index (χ2v) is 4.65. The molecule has 0 atom stereocenters. The van der Waals surface area contributed by atoms with Gasteiger partial charge in [-0.25, -0.2) is 19.6 Å². The van der Waals surface area contributed by atoms with Crippen LogP contribution >= 0.6 is 0 Å². The van der Waals surface area contributed by atoms with Crippen molar-refractivity contribution in [1.29, 1.82) is 0 Å². The molecule has 104 valence electrons. The summed E-state index contributed by atoms with van der Waals surface area (Å²) in [6.07, 6.45) is 1.83. The number of hydrogen-bond acceptors (Lipinski definition) is 4. The largest absolute Gasteiger partial charge is 0.324 e. The van der Waals surface area contributed by atoms with E-state index in [1.54, 1.807) is 4.90 Å². The third-order valence-corrected chi connectivity index (χ3v) is 3.41. The molecule has 0 unspecified atom stereocenters. The summed E-state index contributed by atoms with van der Waals surface area (Å²) in [6, 6.07) is 8.55. The van der Waals surface area contributed by atoms with Crippen LogP contribution in [0, 0.1) is 11.6 Å². The highest BCUT2D eigenvalue weighted by atomic mass is 19.1. The molecule has 2 heterocycles. The molecule has 1 aliphatic rings. The van der Waals surface area contributed by atoms with Gasteiger partial charge in [-0.2, -0.15) is 0 Å². The number of aromatic nitrogens is 1. The minimum atomic E-state index is -0.806. The fourth-order valence-corrected chi connectivity index (χ4v) is 2.50. The summed E-state index contributed by atoms with van der Waals surface area (Å²) in [5.74, 6) is 3.62. The van der Waals surface area contributed by atoms with Crippen molar-refractivity contribution in [3.63, 3.8) is 0 Å². The highest BCUT2D eigenvalue weighted by Gasteiger charge is 2.23. The van der Waals surface area contributed by atoms with Gasteiger partial charge in [0.15, 0.2) is 23.3 Å². The molecule has 0 saturated carbocycles. The number of nitrogens with one attached hydrogen (secondary N) is 1. The second kappa shape index (κ2) is 5.05. The second-order valence-electron chi connectivity index (χ2n) is 4.65. The maximum Gasteiger partial charge on any atom is 0.178 e. The number of hydrogen-bond donors (Lipinski definition) is 2. The van der Waals surface area contributed by atoms with E-state index in [0.29, 0.717) is 6.54 Å². The van der Waals surface area contributed by atoms with Crippen molar-refractivity contribution in [3.05, 3.63) is 47.5 Å². The molecular formula is C14H14F2N4. The van der Waals surface area contributed by atoms with Gasteiger partial charge < -0.3 is 10.3 Å². The molecule has 1 aromatic carbocycles. The van der Waals surface area contributed by atoms with Crippen molar-refractivity contribution >= 4 is 17.3 Å². The summed E-state index contributed by atoms with van der Waals surface area (Å²) >= 11 is 0. The van der Waals surface area contributed by atoms with Crippen LogP contribution in [0.1, 0.15) is 12.0 Å². The van der Waals surface area contributed by atoms with Crippen LogP contribution in [0.2, 0.25) is 0 Å². The Morgan fingerprint density at radius 3 is 2.80 bits per heavy atom. The molecule has 3 rings (SSSR count). The van der Waals surface area contributed by atoms with E-state index in [1.165, 1.54) is 0 Å². The summed E-state index contributed by atoms with van der Waals surface area (Å²) in [7, 11) is 0. The monoisotopic (exact) mass is 276 g/mol. The maximum absolute atomic E-state index is 14.0. The van der Waals surface area contributed by atoms with Crippen molar-refractivity contribution in [2.24, 2.45) is 5.84 Å². The summed E-state index contributed by atoms with van der Waals surface area (Å²) in [5, 5.41) is 0. The van der Waals surface area contributed by atoms with E-state index in [2.05, 4.69) is 10.4 Å². The lowest BCUT2D eigenvalue weighted by Gasteiger charge is -2.30. The van der Waals surface area contributed by atoms with Gasteiger partial charge >= 0.3 is 0 Å². The first kappa shape index (κ1) is 12.8. The average Bonchev–Trinajstić information content (AvgIpc) is 2.47. The van der Waals surface area contributed by atoms with E-state index in [1.807, 2.05) is 24.3 Å². The van der Waals surface area contributed by atoms with E-state index in [9.17, 15) is 8.78 Å². The molecule has 1 aliphatic heterocycles. The fourth-order valence-electron chi connectivity index (χ4n) is 2.50. The predicted molar refractivity (Wildman–Crippen MR) is 73.7 cm³/mol. The third kappa shape index (κ3) is 2.08. The molecule has 4 nitrogen and oxygen atoms in total. The zero-order chi connectivity index (χ0) is 14.1. The summed E-state index contributed by atoms with van der Waals surface area (Å²) < 4.78 is 27.5. The van der Waals surface area contributed by atoms with Crippen molar-refractivity contribution in [2.75, 3.05) is 16.9 Å². The number of nitrogens with zero attached hydrogens (tertiary/aromatic N) is 2. The number of anilines is 3. The van der Waals surface area contributed by atoms with E-state index < -0.39 is 11.6 Å². The first-order chi connectivity index (χ1) is 9.70. The lowest BCUT2D eigenvalue weighted by Crippen LogP contribution is -2.27. The maximum atomic E-state index is 14.0.